The summed E-state index contributed by atoms with van der Waals surface area (Å²) in [5.41, 5.74) is 5.66. The van der Waals surface area contributed by atoms with Crippen LogP contribution in [0.25, 0.3) is 28.0 Å². The second-order valence-electron chi connectivity index (χ2n) is 9.87. The third-order valence-corrected chi connectivity index (χ3v) is 7.43. The molecule has 5 aromatic rings. The van der Waals surface area contributed by atoms with Gasteiger partial charge < -0.3 is 5.32 Å². The van der Waals surface area contributed by atoms with E-state index in [1.807, 2.05) is 60.8 Å². The van der Waals surface area contributed by atoms with Crippen molar-refractivity contribution in [2.45, 2.75) is 24.7 Å². The lowest BCUT2D eigenvalue weighted by Gasteiger charge is -2.15. The van der Waals surface area contributed by atoms with E-state index in [0.29, 0.717) is 34.6 Å². The minimum Gasteiger partial charge on any atom is -0.354 e. The fourth-order valence-electron chi connectivity index (χ4n) is 5.15. The maximum atomic E-state index is 13.5. The van der Waals surface area contributed by atoms with Crippen LogP contribution >= 0.6 is 0 Å². The van der Waals surface area contributed by atoms with E-state index >= 15 is 0 Å². The Morgan fingerprint density at radius 1 is 0.895 bits per heavy atom. The van der Waals surface area contributed by atoms with Crippen molar-refractivity contribution >= 4 is 17.3 Å². The van der Waals surface area contributed by atoms with Gasteiger partial charge in [0.15, 0.2) is 5.78 Å². The molecule has 188 valence electrons. The second kappa shape index (κ2) is 9.38. The molecule has 0 spiro atoms. The van der Waals surface area contributed by atoms with Gasteiger partial charge in [-0.15, -0.1) is 0 Å². The number of nitrogens with zero attached hydrogens (tertiary/aromatic N) is 2. The molecule has 0 saturated heterocycles. The van der Waals surface area contributed by atoms with Crippen LogP contribution in [-0.4, -0.2) is 28.1 Å². The van der Waals surface area contributed by atoms with Gasteiger partial charge in [0, 0.05) is 36.2 Å². The molecule has 0 bridgehead atoms. The lowest BCUT2D eigenvalue weighted by molar-refractivity contribution is 0.0954. The molecule has 2 heterocycles. The summed E-state index contributed by atoms with van der Waals surface area (Å²) in [6, 6.07) is 27.6. The molecule has 0 radical (unpaired) electrons. The number of amides is 1. The number of fused-ring (bicyclic) bond motifs is 1. The Balaban J connectivity index is 1.35. The number of benzene rings is 3. The number of hydrogen-bond acceptors (Lipinski definition) is 3. The van der Waals surface area contributed by atoms with Crippen molar-refractivity contribution in [2.24, 2.45) is 0 Å². The number of nitrogens with one attached hydrogen (secondary N) is 1. The first-order valence-electron chi connectivity index (χ1n) is 12.7. The fourth-order valence-corrected chi connectivity index (χ4v) is 5.15. The van der Waals surface area contributed by atoms with E-state index in [2.05, 4.69) is 22.4 Å². The van der Waals surface area contributed by atoms with Crippen molar-refractivity contribution in [2.75, 3.05) is 7.05 Å². The highest BCUT2D eigenvalue weighted by atomic mass is 19.1. The van der Waals surface area contributed by atoms with Gasteiger partial charge in [-0.25, -0.2) is 9.37 Å². The van der Waals surface area contributed by atoms with Crippen LogP contribution in [0.3, 0.4) is 0 Å². The minimum atomic E-state index is -0.355. The maximum absolute atomic E-state index is 13.5. The molecule has 1 aliphatic rings. The van der Waals surface area contributed by atoms with E-state index in [4.69, 9.17) is 0 Å². The van der Waals surface area contributed by atoms with Gasteiger partial charge in [-0.1, -0.05) is 48.5 Å². The molecule has 1 N–H and O–H groups in total. The van der Waals surface area contributed by atoms with Crippen LogP contribution in [0.2, 0.25) is 0 Å². The Morgan fingerprint density at radius 3 is 2.34 bits per heavy atom. The molecule has 1 fully saturated rings. The lowest BCUT2D eigenvalue weighted by atomic mass is 9.88. The molecule has 1 saturated carbocycles. The standard InChI is InChI=1S/C32H26FN3O2/c1-34-31(38)30-29(21-10-13-26(33)14-11-21)35-28-15-12-24(20-36(28)30)22-6-5-7-23(18-22)27(37)19-32(16-17-32)25-8-3-2-4-9-25/h2-15,18,20H,16-17,19H2,1H3,(H,34,38). The van der Waals surface area contributed by atoms with Gasteiger partial charge in [-0.3, -0.25) is 14.0 Å². The number of rotatable bonds is 7. The SMILES string of the molecule is CNC(=O)c1c(-c2ccc(F)cc2)nc2ccc(-c3cccc(C(=O)CC4(c5ccccc5)CC4)c3)cn12. The molecular weight excluding hydrogens is 477 g/mol. The Morgan fingerprint density at radius 2 is 1.63 bits per heavy atom. The summed E-state index contributed by atoms with van der Waals surface area (Å²) >= 11 is 0. The van der Waals surface area contributed by atoms with Crippen LogP contribution in [0.15, 0.2) is 97.2 Å². The molecule has 1 aliphatic carbocycles. The first-order chi connectivity index (χ1) is 18.5. The van der Waals surface area contributed by atoms with Crippen LogP contribution < -0.4 is 5.32 Å². The Bertz CT molecular complexity index is 1670. The van der Waals surface area contributed by atoms with Crippen molar-refractivity contribution in [3.05, 3.63) is 120 Å². The monoisotopic (exact) mass is 503 g/mol. The van der Waals surface area contributed by atoms with Crippen molar-refractivity contribution in [1.82, 2.24) is 14.7 Å². The van der Waals surface area contributed by atoms with Gasteiger partial charge in [0.1, 0.15) is 22.9 Å². The highest BCUT2D eigenvalue weighted by molar-refractivity contribution is 6.00. The normalized spacial score (nSPS) is 13.8. The summed E-state index contributed by atoms with van der Waals surface area (Å²) in [5.74, 6) is -0.526. The van der Waals surface area contributed by atoms with E-state index in [0.717, 1.165) is 24.0 Å². The molecule has 5 nitrogen and oxygen atoms in total. The lowest BCUT2D eigenvalue weighted by Crippen LogP contribution is -2.20. The summed E-state index contributed by atoms with van der Waals surface area (Å²) in [5, 5.41) is 2.69. The van der Waals surface area contributed by atoms with Crippen LogP contribution in [-0.2, 0) is 5.41 Å². The molecule has 0 unspecified atom stereocenters. The van der Waals surface area contributed by atoms with Gasteiger partial charge in [0.05, 0.1) is 0 Å². The molecule has 0 aliphatic heterocycles. The van der Waals surface area contributed by atoms with Gasteiger partial charge in [-0.05, 0) is 72.0 Å². The largest absolute Gasteiger partial charge is 0.354 e. The maximum Gasteiger partial charge on any atom is 0.270 e. The number of Topliss-reactive ketones (excluding diaryl/α,β-unsaturated/α-hetero) is 1. The Kier molecular flexibility index (Phi) is 5.87. The third-order valence-electron chi connectivity index (χ3n) is 7.43. The number of carbonyl (C=O) groups excluding carboxylic acids is 2. The smallest absolute Gasteiger partial charge is 0.270 e. The quantitative estimate of drug-likeness (QED) is 0.259. The zero-order valence-corrected chi connectivity index (χ0v) is 20.9. The van der Waals surface area contributed by atoms with E-state index in [1.54, 1.807) is 23.6 Å². The number of halogens is 1. The first-order valence-corrected chi connectivity index (χ1v) is 12.7. The van der Waals surface area contributed by atoms with Gasteiger partial charge in [-0.2, -0.15) is 0 Å². The summed E-state index contributed by atoms with van der Waals surface area (Å²) in [6.45, 7) is 0. The van der Waals surface area contributed by atoms with Crippen LogP contribution in [0.4, 0.5) is 4.39 Å². The molecular formula is C32H26FN3O2. The summed E-state index contributed by atoms with van der Waals surface area (Å²) in [6.07, 6.45) is 4.40. The van der Waals surface area contributed by atoms with Crippen LogP contribution in [0.5, 0.6) is 0 Å². The number of imidazole rings is 1. The predicted molar refractivity (Wildman–Crippen MR) is 146 cm³/mol. The number of pyridine rings is 1. The molecule has 3 aromatic carbocycles. The fraction of sp³-hybridized carbons (Fsp3) is 0.156. The first kappa shape index (κ1) is 23.8. The topological polar surface area (TPSA) is 63.5 Å². The number of ketones is 1. The van der Waals surface area contributed by atoms with Crippen molar-refractivity contribution in [3.8, 4) is 22.4 Å². The summed E-state index contributed by atoms with van der Waals surface area (Å²) in [7, 11) is 1.57. The predicted octanol–water partition coefficient (Wildman–Crippen LogP) is 6.47. The van der Waals surface area contributed by atoms with E-state index < -0.39 is 0 Å². The molecule has 1 amide bonds. The minimum absolute atomic E-state index is 0.0523. The Labute approximate surface area is 220 Å². The van der Waals surface area contributed by atoms with E-state index in [1.165, 1.54) is 17.7 Å². The summed E-state index contributed by atoms with van der Waals surface area (Å²) in [4.78, 5) is 30.9. The molecule has 2 aromatic heterocycles. The number of carbonyl (C=O) groups is 2. The van der Waals surface area contributed by atoms with Gasteiger partial charge in [0.2, 0.25) is 0 Å². The average Bonchev–Trinajstić information content (AvgIpc) is 3.64. The molecule has 6 heteroatoms. The number of aromatic nitrogens is 2. The van der Waals surface area contributed by atoms with Crippen molar-refractivity contribution < 1.29 is 14.0 Å². The highest BCUT2D eigenvalue weighted by Gasteiger charge is 2.45. The van der Waals surface area contributed by atoms with Gasteiger partial charge in [0.25, 0.3) is 5.91 Å². The van der Waals surface area contributed by atoms with E-state index in [-0.39, 0.29) is 22.9 Å². The molecule has 6 rings (SSSR count). The number of hydrogen-bond donors (Lipinski definition) is 1. The zero-order valence-electron chi connectivity index (χ0n) is 20.9. The van der Waals surface area contributed by atoms with Gasteiger partial charge >= 0.3 is 0 Å². The molecule has 0 atom stereocenters. The second-order valence-corrected chi connectivity index (χ2v) is 9.87. The summed E-state index contributed by atoms with van der Waals surface area (Å²) < 4.78 is 15.3. The average molecular weight is 504 g/mol. The Hall–Kier alpha value is -4.58. The third kappa shape index (κ3) is 4.28. The van der Waals surface area contributed by atoms with Crippen molar-refractivity contribution in [1.29, 1.82) is 0 Å². The van der Waals surface area contributed by atoms with Crippen LogP contribution in [0, 0.1) is 5.82 Å². The van der Waals surface area contributed by atoms with Crippen LogP contribution in [0.1, 0.15) is 45.7 Å². The van der Waals surface area contributed by atoms with Crippen molar-refractivity contribution in [3.63, 3.8) is 0 Å². The zero-order chi connectivity index (χ0) is 26.3. The van der Waals surface area contributed by atoms with E-state index in [9.17, 15) is 14.0 Å². The highest BCUT2D eigenvalue weighted by Crippen LogP contribution is 2.51. The molecule has 38 heavy (non-hydrogen) atoms.